The molecule has 2 aromatic heterocycles. The summed E-state index contributed by atoms with van der Waals surface area (Å²) in [4.78, 5) is 20.1. The number of hydrogen-bond acceptors (Lipinski definition) is 2. The van der Waals surface area contributed by atoms with Gasteiger partial charge in [0.05, 0.1) is 0 Å². The van der Waals surface area contributed by atoms with Crippen molar-refractivity contribution in [3.8, 4) is 11.3 Å². The van der Waals surface area contributed by atoms with Crippen LogP contribution < -0.4 is 21.2 Å². The van der Waals surface area contributed by atoms with E-state index < -0.39 is 0 Å². The Morgan fingerprint density at radius 1 is 0.971 bits per heavy atom. The van der Waals surface area contributed by atoms with Crippen LogP contribution in [0.1, 0.15) is 37.9 Å². The van der Waals surface area contributed by atoms with E-state index >= 15 is 0 Å². The van der Waals surface area contributed by atoms with Gasteiger partial charge in [-0.3, -0.25) is 0 Å². The first-order valence-electron chi connectivity index (χ1n) is 11.8. The van der Waals surface area contributed by atoms with Crippen LogP contribution in [0.5, 0.6) is 0 Å². The Morgan fingerprint density at radius 3 is 2.17 bits per heavy atom. The van der Waals surface area contributed by atoms with E-state index in [0.29, 0.717) is 15.7 Å². The van der Waals surface area contributed by atoms with E-state index in [-0.39, 0.29) is 33.5 Å². The molecule has 4 nitrogen and oxygen atoms in total. The number of halogens is 3. The quantitative estimate of drug-likeness (QED) is 0.266. The van der Waals surface area contributed by atoms with Crippen molar-refractivity contribution in [1.82, 2.24) is 14.3 Å². The number of aryl methyl sites for hydroxylation is 1. The standard InChI is InChI=1S/C28H29Cl2IN3O/c1-4-14-33(15-5-2)26(35)17-25-27(32-28-24(30)16-21(29)18-34(25)28)20-8-12-23(13-9-20)31-22-10-6-19(3)7-11-22/h6-13,16,18H,4-5,14-15,17H2,1-3H3/q-1. The van der Waals surface area contributed by atoms with E-state index in [1.807, 2.05) is 9.30 Å². The van der Waals surface area contributed by atoms with Crippen LogP contribution in [0.4, 0.5) is 0 Å². The van der Waals surface area contributed by atoms with Crippen molar-refractivity contribution in [1.29, 1.82) is 0 Å². The summed E-state index contributed by atoms with van der Waals surface area (Å²) in [5.41, 5.74) is 4.45. The Hall–Kier alpha value is -2.09. The third-order valence-electron chi connectivity index (χ3n) is 5.75. The minimum absolute atomic E-state index is 0.0923. The molecule has 2 heterocycles. The molecule has 184 valence electrons. The van der Waals surface area contributed by atoms with Crippen LogP contribution in [0.2, 0.25) is 10.0 Å². The van der Waals surface area contributed by atoms with E-state index in [2.05, 4.69) is 69.3 Å². The number of hydrogen-bond donors (Lipinski definition) is 0. The van der Waals surface area contributed by atoms with Crippen molar-refractivity contribution in [3.63, 3.8) is 0 Å². The first-order valence-corrected chi connectivity index (χ1v) is 14.8. The topological polar surface area (TPSA) is 37.6 Å². The fraction of sp³-hybridized carbons (Fsp3) is 0.286. The van der Waals surface area contributed by atoms with E-state index in [9.17, 15) is 4.79 Å². The number of imidazole rings is 1. The number of carbonyl (C=O) groups excluding carboxylic acids is 1. The van der Waals surface area contributed by atoms with Gasteiger partial charge in [-0.25, -0.2) is 0 Å². The van der Waals surface area contributed by atoms with Crippen molar-refractivity contribution in [2.75, 3.05) is 13.1 Å². The SMILES string of the molecule is CCCN(CCC)C(=O)Cc1c(-c2ccc([I-]c3ccc(C)cc3)cc2)nc2c(Cl)cc(Cl)cn12. The predicted octanol–water partition coefficient (Wildman–Crippen LogP) is 3.94. The summed E-state index contributed by atoms with van der Waals surface area (Å²) in [5, 5.41) is 0.982. The Balaban J connectivity index is 1.70. The summed E-state index contributed by atoms with van der Waals surface area (Å²) in [6, 6.07) is 19.0. The summed E-state index contributed by atoms with van der Waals surface area (Å²) in [6.45, 7) is 7.79. The molecule has 0 aliphatic carbocycles. The molecular weight excluding hydrogens is 592 g/mol. The zero-order valence-electron chi connectivity index (χ0n) is 20.2. The molecule has 0 spiro atoms. The first-order chi connectivity index (χ1) is 16.9. The molecule has 0 atom stereocenters. The summed E-state index contributed by atoms with van der Waals surface area (Å²) < 4.78 is 4.59. The summed E-state index contributed by atoms with van der Waals surface area (Å²) in [5.74, 6) is 0.0923. The Morgan fingerprint density at radius 2 is 1.57 bits per heavy atom. The molecule has 0 saturated carbocycles. The molecule has 0 saturated heterocycles. The van der Waals surface area contributed by atoms with Gasteiger partial charge in [-0.2, -0.15) is 0 Å². The van der Waals surface area contributed by atoms with Crippen LogP contribution in [0, 0.1) is 14.1 Å². The summed E-state index contributed by atoms with van der Waals surface area (Å²) in [7, 11) is 0. The average Bonchev–Trinajstić information content (AvgIpc) is 3.19. The number of aromatic nitrogens is 2. The number of nitrogens with zero attached hydrogens (tertiary/aromatic N) is 3. The van der Waals surface area contributed by atoms with Crippen LogP contribution in [0.3, 0.4) is 0 Å². The van der Waals surface area contributed by atoms with Gasteiger partial charge < -0.3 is 0 Å². The van der Waals surface area contributed by atoms with Crippen molar-refractivity contribution in [3.05, 3.63) is 89.2 Å². The summed E-state index contributed by atoms with van der Waals surface area (Å²) >= 11 is 12.6. The monoisotopic (exact) mass is 620 g/mol. The molecule has 1 amide bonds. The molecule has 35 heavy (non-hydrogen) atoms. The first kappa shape index (κ1) is 26.0. The zero-order valence-corrected chi connectivity index (χ0v) is 23.9. The number of amides is 1. The average molecular weight is 621 g/mol. The van der Waals surface area contributed by atoms with Crippen LogP contribution in [0.25, 0.3) is 16.9 Å². The van der Waals surface area contributed by atoms with Crippen LogP contribution in [-0.2, 0) is 11.2 Å². The Labute approximate surface area is 227 Å². The maximum absolute atomic E-state index is 13.3. The molecule has 0 unspecified atom stereocenters. The Kier molecular flexibility index (Phi) is 8.73. The van der Waals surface area contributed by atoms with Crippen molar-refractivity contribution < 1.29 is 26.0 Å². The van der Waals surface area contributed by atoms with Crippen LogP contribution in [-0.4, -0.2) is 33.3 Å². The van der Waals surface area contributed by atoms with E-state index in [4.69, 9.17) is 28.2 Å². The van der Waals surface area contributed by atoms with Gasteiger partial charge in [0.2, 0.25) is 0 Å². The second kappa shape index (κ2) is 11.8. The van der Waals surface area contributed by atoms with Gasteiger partial charge in [-0.05, 0) is 0 Å². The van der Waals surface area contributed by atoms with Crippen LogP contribution in [0.15, 0.2) is 60.8 Å². The van der Waals surface area contributed by atoms with Gasteiger partial charge in [0.1, 0.15) is 0 Å². The van der Waals surface area contributed by atoms with E-state index in [1.54, 1.807) is 12.3 Å². The van der Waals surface area contributed by atoms with Gasteiger partial charge in [0, 0.05) is 0 Å². The van der Waals surface area contributed by atoms with E-state index in [1.165, 1.54) is 12.7 Å². The second-order valence-electron chi connectivity index (χ2n) is 8.56. The van der Waals surface area contributed by atoms with Gasteiger partial charge >= 0.3 is 229 Å². The minimum atomic E-state index is -0.262. The number of carbonyl (C=O) groups is 1. The summed E-state index contributed by atoms with van der Waals surface area (Å²) in [6.07, 6.45) is 3.89. The van der Waals surface area contributed by atoms with Crippen molar-refractivity contribution >= 4 is 34.8 Å². The molecule has 0 radical (unpaired) electrons. The predicted molar refractivity (Wildman–Crippen MR) is 140 cm³/mol. The molecule has 7 heteroatoms. The molecule has 0 bridgehead atoms. The Bertz CT molecular complexity index is 1310. The van der Waals surface area contributed by atoms with Crippen molar-refractivity contribution in [2.45, 2.75) is 40.0 Å². The molecule has 0 fully saturated rings. The number of rotatable bonds is 9. The number of pyridine rings is 1. The molecule has 0 aliphatic heterocycles. The van der Waals surface area contributed by atoms with Gasteiger partial charge in [-0.15, -0.1) is 0 Å². The van der Waals surface area contributed by atoms with Gasteiger partial charge in [0.25, 0.3) is 0 Å². The molecule has 4 aromatic rings. The van der Waals surface area contributed by atoms with E-state index in [0.717, 1.165) is 42.9 Å². The third-order valence-corrected chi connectivity index (χ3v) is 8.91. The maximum atomic E-state index is 13.3. The molecular formula is C28H29Cl2IN3O-. The fourth-order valence-electron chi connectivity index (χ4n) is 4.07. The molecule has 2 aromatic carbocycles. The van der Waals surface area contributed by atoms with Crippen LogP contribution >= 0.6 is 23.2 Å². The molecule has 4 rings (SSSR count). The van der Waals surface area contributed by atoms with Gasteiger partial charge in [-0.1, -0.05) is 0 Å². The zero-order chi connectivity index (χ0) is 24.9. The second-order valence-corrected chi connectivity index (χ2v) is 12.4. The van der Waals surface area contributed by atoms with Crippen molar-refractivity contribution in [2.24, 2.45) is 0 Å². The third kappa shape index (κ3) is 6.19. The molecule has 0 N–H and O–H groups in total. The number of benzene rings is 2. The number of fused-ring (bicyclic) bond motifs is 1. The van der Waals surface area contributed by atoms with Gasteiger partial charge in [0.15, 0.2) is 0 Å². The fourth-order valence-corrected chi connectivity index (χ4v) is 6.74. The molecule has 0 aliphatic rings. The normalized spacial score (nSPS) is 11.3.